The third-order valence-electron chi connectivity index (χ3n) is 4.11. The smallest absolute Gasteiger partial charge is 0.291 e. The van der Waals surface area contributed by atoms with E-state index in [1.807, 2.05) is 38.1 Å². The van der Waals surface area contributed by atoms with Crippen molar-refractivity contribution >= 4 is 17.5 Å². The maximum atomic E-state index is 12.3. The standard InChI is InChI=1S/C21H20N2O3/c1-14-8-9-17(12-15(14)2)23-21(25)19-11-10-18(26-19)13-22-20(24)16-6-4-3-5-7-16/h3-12H,13H2,1-2H3,(H,22,24)(H,23,25). The van der Waals surface area contributed by atoms with Crippen molar-refractivity contribution in [2.45, 2.75) is 20.4 Å². The Morgan fingerprint density at radius 1 is 0.885 bits per heavy atom. The lowest BCUT2D eigenvalue weighted by atomic mass is 10.1. The molecule has 0 fully saturated rings. The van der Waals surface area contributed by atoms with Crippen LogP contribution in [0.2, 0.25) is 0 Å². The first kappa shape index (κ1) is 17.5. The fraction of sp³-hybridized carbons (Fsp3) is 0.143. The topological polar surface area (TPSA) is 71.3 Å². The largest absolute Gasteiger partial charge is 0.454 e. The van der Waals surface area contributed by atoms with Gasteiger partial charge in [0.2, 0.25) is 0 Å². The minimum absolute atomic E-state index is 0.192. The van der Waals surface area contributed by atoms with Gasteiger partial charge in [0, 0.05) is 11.3 Å². The van der Waals surface area contributed by atoms with E-state index in [-0.39, 0.29) is 24.1 Å². The van der Waals surface area contributed by atoms with Gasteiger partial charge in [0.1, 0.15) is 5.76 Å². The number of rotatable bonds is 5. The summed E-state index contributed by atoms with van der Waals surface area (Å²) in [6.07, 6.45) is 0. The van der Waals surface area contributed by atoms with Crippen molar-refractivity contribution in [1.82, 2.24) is 5.32 Å². The molecule has 132 valence electrons. The van der Waals surface area contributed by atoms with Crippen LogP contribution in [0.1, 0.15) is 37.8 Å². The summed E-state index contributed by atoms with van der Waals surface area (Å²) in [5.41, 5.74) is 3.56. The molecule has 2 amide bonds. The minimum Gasteiger partial charge on any atom is -0.454 e. The Bertz CT molecular complexity index is 929. The molecule has 0 atom stereocenters. The van der Waals surface area contributed by atoms with Crippen LogP contribution in [0.25, 0.3) is 0 Å². The number of amides is 2. The van der Waals surface area contributed by atoms with E-state index in [0.29, 0.717) is 17.0 Å². The van der Waals surface area contributed by atoms with Gasteiger partial charge in [0.15, 0.2) is 5.76 Å². The van der Waals surface area contributed by atoms with Gasteiger partial charge in [-0.05, 0) is 61.4 Å². The van der Waals surface area contributed by atoms with Gasteiger partial charge in [-0.2, -0.15) is 0 Å². The highest BCUT2D eigenvalue weighted by atomic mass is 16.4. The zero-order valence-electron chi connectivity index (χ0n) is 14.7. The Balaban J connectivity index is 1.59. The van der Waals surface area contributed by atoms with Crippen molar-refractivity contribution < 1.29 is 14.0 Å². The van der Waals surface area contributed by atoms with Crippen LogP contribution in [0.4, 0.5) is 5.69 Å². The summed E-state index contributed by atoms with van der Waals surface area (Å²) in [7, 11) is 0. The average molecular weight is 348 g/mol. The molecule has 3 rings (SSSR count). The van der Waals surface area contributed by atoms with Crippen LogP contribution in [0, 0.1) is 13.8 Å². The lowest BCUT2D eigenvalue weighted by Crippen LogP contribution is -2.22. The lowest BCUT2D eigenvalue weighted by molar-refractivity contribution is 0.0948. The van der Waals surface area contributed by atoms with E-state index in [4.69, 9.17) is 4.42 Å². The monoisotopic (exact) mass is 348 g/mol. The SMILES string of the molecule is Cc1ccc(NC(=O)c2ccc(CNC(=O)c3ccccc3)o2)cc1C. The highest BCUT2D eigenvalue weighted by molar-refractivity contribution is 6.02. The molecule has 1 heterocycles. The number of benzene rings is 2. The predicted octanol–water partition coefficient (Wildman–Crippen LogP) is 4.08. The number of carbonyl (C=O) groups excluding carboxylic acids is 2. The van der Waals surface area contributed by atoms with E-state index in [1.54, 1.807) is 36.4 Å². The predicted molar refractivity (Wildman–Crippen MR) is 100 cm³/mol. The molecule has 5 heteroatoms. The molecule has 0 spiro atoms. The summed E-state index contributed by atoms with van der Waals surface area (Å²) in [5.74, 6) is 0.198. The Morgan fingerprint density at radius 2 is 1.65 bits per heavy atom. The number of carbonyl (C=O) groups is 2. The Morgan fingerprint density at radius 3 is 2.38 bits per heavy atom. The molecular formula is C21H20N2O3. The molecule has 0 aliphatic heterocycles. The summed E-state index contributed by atoms with van der Waals surface area (Å²) in [4.78, 5) is 24.3. The van der Waals surface area contributed by atoms with Gasteiger partial charge in [-0.3, -0.25) is 9.59 Å². The molecule has 0 radical (unpaired) electrons. The second kappa shape index (κ2) is 7.70. The van der Waals surface area contributed by atoms with Gasteiger partial charge in [0.05, 0.1) is 6.54 Å². The summed E-state index contributed by atoms with van der Waals surface area (Å²) in [5, 5.41) is 5.58. The van der Waals surface area contributed by atoms with E-state index in [1.165, 1.54) is 0 Å². The molecule has 2 aromatic carbocycles. The average Bonchev–Trinajstić information content (AvgIpc) is 3.13. The highest BCUT2D eigenvalue weighted by Crippen LogP contribution is 2.16. The number of hydrogen-bond acceptors (Lipinski definition) is 3. The van der Waals surface area contributed by atoms with E-state index in [0.717, 1.165) is 11.1 Å². The first-order valence-electron chi connectivity index (χ1n) is 8.33. The molecule has 0 aliphatic carbocycles. The van der Waals surface area contributed by atoms with Crippen LogP contribution in [-0.4, -0.2) is 11.8 Å². The second-order valence-corrected chi connectivity index (χ2v) is 6.07. The number of aryl methyl sites for hydroxylation is 2. The van der Waals surface area contributed by atoms with Crippen molar-refractivity contribution in [3.05, 3.63) is 88.9 Å². The highest BCUT2D eigenvalue weighted by Gasteiger charge is 2.13. The third kappa shape index (κ3) is 4.19. The first-order chi connectivity index (χ1) is 12.5. The van der Waals surface area contributed by atoms with Crippen molar-refractivity contribution in [3.63, 3.8) is 0 Å². The molecule has 2 N–H and O–H groups in total. The third-order valence-corrected chi connectivity index (χ3v) is 4.11. The van der Waals surface area contributed by atoms with Gasteiger partial charge in [0.25, 0.3) is 11.8 Å². The molecule has 1 aromatic heterocycles. The molecule has 0 unspecified atom stereocenters. The summed E-state index contributed by atoms with van der Waals surface area (Å²) >= 11 is 0. The lowest BCUT2D eigenvalue weighted by Gasteiger charge is -2.06. The van der Waals surface area contributed by atoms with Crippen LogP contribution < -0.4 is 10.6 Å². The van der Waals surface area contributed by atoms with Gasteiger partial charge in [-0.15, -0.1) is 0 Å². The first-order valence-corrected chi connectivity index (χ1v) is 8.33. The van der Waals surface area contributed by atoms with E-state index < -0.39 is 0 Å². The molecule has 26 heavy (non-hydrogen) atoms. The molecule has 0 saturated carbocycles. The summed E-state index contributed by atoms with van der Waals surface area (Å²) in [6, 6.07) is 17.9. The quantitative estimate of drug-likeness (QED) is 0.730. The van der Waals surface area contributed by atoms with Crippen LogP contribution in [0.3, 0.4) is 0 Å². The Labute approximate surface area is 152 Å². The molecule has 3 aromatic rings. The minimum atomic E-state index is -0.325. The van der Waals surface area contributed by atoms with Gasteiger partial charge in [-0.25, -0.2) is 0 Å². The number of nitrogens with one attached hydrogen (secondary N) is 2. The van der Waals surface area contributed by atoms with Gasteiger partial charge in [-0.1, -0.05) is 24.3 Å². The van der Waals surface area contributed by atoms with Crippen molar-refractivity contribution in [1.29, 1.82) is 0 Å². The van der Waals surface area contributed by atoms with Gasteiger partial charge >= 0.3 is 0 Å². The van der Waals surface area contributed by atoms with Crippen LogP contribution in [0.5, 0.6) is 0 Å². The molecule has 0 bridgehead atoms. The maximum Gasteiger partial charge on any atom is 0.291 e. The Hall–Kier alpha value is -3.34. The zero-order chi connectivity index (χ0) is 18.5. The summed E-state index contributed by atoms with van der Waals surface area (Å²) < 4.78 is 5.53. The van der Waals surface area contributed by atoms with E-state index in [9.17, 15) is 9.59 Å². The van der Waals surface area contributed by atoms with Crippen molar-refractivity contribution in [2.75, 3.05) is 5.32 Å². The number of furan rings is 1. The number of anilines is 1. The normalized spacial score (nSPS) is 10.4. The van der Waals surface area contributed by atoms with E-state index in [2.05, 4.69) is 10.6 Å². The Kier molecular flexibility index (Phi) is 5.17. The van der Waals surface area contributed by atoms with Crippen LogP contribution >= 0.6 is 0 Å². The van der Waals surface area contributed by atoms with Crippen molar-refractivity contribution in [3.8, 4) is 0 Å². The molecule has 0 saturated heterocycles. The second-order valence-electron chi connectivity index (χ2n) is 6.07. The van der Waals surface area contributed by atoms with Crippen LogP contribution in [-0.2, 0) is 6.54 Å². The maximum absolute atomic E-state index is 12.3. The van der Waals surface area contributed by atoms with Crippen LogP contribution in [0.15, 0.2) is 65.1 Å². The zero-order valence-corrected chi connectivity index (χ0v) is 14.7. The fourth-order valence-electron chi connectivity index (χ4n) is 2.47. The number of hydrogen-bond donors (Lipinski definition) is 2. The molecule has 0 aliphatic rings. The molecular weight excluding hydrogens is 328 g/mol. The van der Waals surface area contributed by atoms with E-state index >= 15 is 0 Å². The van der Waals surface area contributed by atoms with Crippen molar-refractivity contribution in [2.24, 2.45) is 0 Å². The fourth-order valence-corrected chi connectivity index (χ4v) is 2.47. The summed E-state index contributed by atoms with van der Waals surface area (Å²) in [6.45, 7) is 4.22. The van der Waals surface area contributed by atoms with Gasteiger partial charge < -0.3 is 15.1 Å². The molecule has 5 nitrogen and oxygen atoms in total.